The fourth-order valence-corrected chi connectivity index (χ4v) is 4.03. The smallest absolute Gasteiger partial charge is 0.456 e. The van der Waals surface area contributed by atoms with Crippen LogP contribution in [0, 0.1) is 0 Å². The molecule has 0 fully saturated rings. The molecule has 216 valence electrons. The summed E-state index contributed by atoms with van der Waals surface area (Å²) in [5.74, 6) is -0.798. The molecule has 1 heterocycles. The van der Waals surface area contributed by atoms with E-state index in [-0.39, 0.29) is 17.0 Å². The quantitative estimate of drug-likeness (QED) is 0.187. The van der Waals surface area contributed by atoms with Gasteiger partial charge in [0.05, 0.1) is 16.8 Å². The summed E-state index contributed by atoms with van der Waals surface area (Å²) in [6.07, 6.45) is 2.29. The number of para-hydroxylation sites is 1. The Hall–Kier alpha value is -4.98. The first-order valence-electron chi connectivity index (χ1n) is 13.5. The zero-order valence-electron chi connectivity index (χ0n) is 24.6. The zero-order chi connectivity index (χ0) is 30.5. The van der Waals surface area contributed by atoms with E-state index in [1.165, 1.54) is 6.20 Å². The molecule has 0 aliphatic carbocycles. The van der Waals surface area contributed by atoms with Crippen LogP contribution in [0.3, 0.4) is 0 Å². The lowest BCUT2D eigenvalue weighted by atomic mass is 10.0. The SMILES string of the molecule is CC(C)(C)OC(=O)Oc1ccccc1-c1ccc(C(=O)OC(C)(C)C)c(NC(=O)c2cncc(-c3ccccc3)c2)c1. The van der Waals surface area contributed by atoms with Crippen LogP contribution in [-0.2, 0) is 9.47 Å². The van der Waals surface area contributed by atoms with Crippen LogP contribution in [0.4, 0.5) is 10.5 Å². The first-order valence-corrected chi connectivity index (χ1v) is 13.5. The molecule has 0 aliphatic heterocycles. The highest BCUT2D eigenvalue weighted by molar-refractivity contribution is 6.09. The highest BCUT2D eigenvalue weighted by atomic mass is 16.7. The molecule has 0 aliphatic rings. The molecule has 0 spiro atoms. The van der Waals surface area contributed by atoms with Crippen LogP contribution >= 0.6 is 0 Å². The zero-order valence-corrected chi connectivity index (χ0v) is 24.6. The van der Waals surface area contributed by atoms with E-state index in [4.69, 9.17) is 14.2 Å². The minimum atomic E-state index is -0.848. The van der Waals surface area contributed by atoms with E-state index in [2.05, 4.69) is 10.3 Å². The molecule has 8 heteroatoms. The Kier molecular flexibility index (Phi) is 8.76. The molecule has 8 nitrogen and oxygen atoms in total. The Morgan fingerprint density at radius 3 is 2.05 bits per heavy atom. The van der Waals surface area contributed by atoms with Crippen LogP contribution in [0.1, 0.15) is 62.3 Å². The summed E-state index contributed by atoms with van der Waals surface area (Å²) in [6.45, 7) is 10.5. The van der Waals surface area contributed by atoms with Crippen molar-refractivity contribution >= 4 is 23.7 Å². The van der Waals surface area contributed by atoms with E-state index in [0.29, 0.717) is 16.7 Å². The van der Waals surface area contributed by atoms with Gasteiger partial charge < -0.3 is 19.5 Å². The summed E-state index contributed by atoms with van der Waals surface area (Å²) in [5.41, 5.74) is 2.06. The number of aromatic nitrogens is 1. The molecule has 3 aromatic carbocycles. The number of benzene rings is 3. The summed E-state index contributed by atoms with van der Waals surface area (Å²) in [7, 11) is 0. The van der Waals surface area contributed by atoms with E-state index in [1.807, 2.05) is 30.3 Å². The number of nitrogens with zero attached hydrogens (tertiary/aromatic N) is 1. The Morgan fingerprint density at radius 1 is 0.690 bits per heavy atom. The molecule has 0 saturated carbocycles. The number of anilines is 1. The minimum Gasteiger partial charge on any atom is -0.456 e. The number of rotatable bonds is 6. The molecule has 1 amide bonds. The second-order valence-electron chi connectivity index (χ2n) is 11.6. The van der Waals surface area contributed by atoms with Gasteiger partial charge in [-0.05, 0) is 76.9 Å². The molecule has 0 radical (unpaired) electrons. The molecule has 1 N–H and O–H groups in total. The predicted molar refractivity (Wildman–Crippen MR) is 162 cm³/mol. The van der Waals surface area contributed by atoms with Crippen molar-refractivity contribution in [3.05, 3.63) is 102 Å². The van der Waals surface area contributed by atoms with Crippen LogP contribution in [-0.4, -0.2) is 34.2 Å². The molecule has 0 atom stereocenters. The third-order valence-electron chi connectivity index (χ3n) is 5.77. The van der Waals surface area contributed by atoms with Crippen molar-refractivity contribution in [2.24, 2.45) is 0 Å². The highest BCUT2D eigenvalue weighted by Crippen LogP contribution is 2.34. The van der Waals surface area contributed by atoms with Crippen molar-refractivity contribution in [1.82, 2.24) is 4.98 Å². The average Bonchev–Trinajstić information content (AvgIpc) is 2.92. The third kappa shape index (κ3) is 8.04. The van der Waals surface area contributed by atoms with Gasteiger partial charge in [0.25, 0.3) is 5.91 Å². The lowest BCUT2D eigenvalue weighted by molar-refractivity contribution is 0.00696. The Morgan fingerprint density at radius 2 is 1.36 bits per heavy atom. The van der Waals surface area contributed by atoms with Gasteiger partial charge in [0.15, 0.2) is 0 Å². The molecular weight excluding hydrogens is 532 g/mol. The van der Waals surface area contributed by atoms with Crippen LogP contribution in [0.25, 0.3) is 22.3 Å². The Bertz CT molecular complexity index is 1600. The lowest BCUT2D eigenvalue weighted by Crippen LogP contribution is -2.26. The van der Waals surface area contributed by atoms with Crippen molar-refractivity contribution in [2.75, 3.05) is 5.32 Å². The van der Waals surface area contributed by atoms with Gasteiger partial charge in [0.2, 0.25) is 0 Å². The number of carbonyl (C=O) groups excluding carboxylic acids is 3. The summed E-state index contributed by atoms with van der Waals surface area (Å²) < 4.78 is 16.4. The summed E-state index contributed by atoms with van der Waals surface area (Å²) in [6, 6.07) is 23.2. The van der Waals surface area contributed by atoms with E-state index >= 15 is 0 Å². The monoisotopic (exact) mass is 566 g/mol. The maximum absolute atomic E-state index is 13.5. The third-order valence-corrected chi connectivity index (χ3v) is 5.77. The lowest BCUT2D eigenvalue weighted by Gasteiger charge is -2.21. The summed E-state index contributed by atoms with van der Waals surface area (Å²) in [4.78, 5) is 43.3. The van der Waals surface area contributed by atoms with E-state index in [1.54, 1.807) is 96.3 Å². The topological polar surface area (TPSA) is 104 Å². The number of nitrogens with one attached hydrogen (secondary N) is 1. The molecule has 42 heavy (non-hydrogen) atoms. The van der Waals surface area contributed by atoms with Gasteiger partial charge in [0, 0.05) is 23.5 Å². The van der Waals surface area contributed by atoms with Gasteiger partial charge in [-0.25, -0.2) is 9.59 Å². The molecule has 0 bridgehead atoms. The van der Waals surface area contributed by atoms with E-state index in [0.717, 1.165) is 11.1 Å². The standard InChI is InChI=1S/C34H34N2O6/c1-33(2,3)41-31(38)27-17-16-23(26-14-10-11-15-29(26)40-32(39)42-34(4,5)6)19-28(27)36-30(37)25-18-24(20-35-21-25)22-12-8-7-9-13-22/h7-21H,1-6H3,(H,36,37). The molecule has 4 rings (SSSR count). The number of hydrogen-bond acceptors (Lipinski definition) is 7. The van der Waals surface area contributed by atoms with Crippen LogP contribution in [0.15, 0.2) is 91.3 Å². The maximum Gasteiger partial charge on any atom is 0.514 e. The minimum absolute atomic E-state index is 0.166. The molecule has 4 aromatic rings. The van der Waals surface area contributed by atoms with Gasteiger partial charge in [0.1, 0.15) is 17.0 Å². The average molecular weight is 567 g/mol. The second-order valence-corrected chi connectivity index (χ2v) is 11.6. The summed E-state index contributed by atoms with van der Waals surface area (Å²) >= 11 is 0. The van der Waals surface area contributed by atoms with Crippen LogP contribution in [0.2, 0.25) is 0 Å². The number of ether oxygens (including phenoxy) is 3. The highest BCUT2D eigenvalue weighted by Gasteiger charge is 2.24. The van der Waals surface area contributed by atoms with Crippen molar-refractivity contribution < 1.29 is 28.6 Å². The van der Waals surface area contributed by atoms with Crippen LogP contribution in [0.5, 0.6) is 5.75 Å². The molecule has 0 saturated heterocycles. The van der Waals surface area contributed by atoms with Gasteiger partial charge >= 0.3 is 12.1 Å². The van der Waals surface area contributed by atoms with Crippen LogP contribution < -0.4 is 10.1 Å². The van der Waals surface area contributed by atoms with E-state index < -0.39 is 29.2 Å². The Labute approximate surface area is 245 Å². The first kappa shape index (κ1) is 30.0. The van der Waals surface area contributed by atoms with E-state index in [9.17, 15) is 14.4 Å². The normalized spacial score (nSPS) is 11.4. The number of amides is 1. The number of hydrogen-bond donors (Lipinski definition) is 1. The van der Waals surface area contributed by atoms with Crippen molar-refractivity contribution in [3.8, 4) is 28.0 Å². The second kappa shape index (κ2) is 12.3. The first-order chi connectivity index (χ1) is 19.8. The van der Waals surface area contributed by atoms with Crippen molar-refractivity contribution in [1.29, 1.82) is 0 Å². The molecule has 1 aromatic heterocycles. The summed E-state index contributed by atoms with van der Waals surface area (Å²) in [5, 5.41) is 2.86. The van der Waals surface area contributed by atoms with Crippen molar-refractivity contribution in [2.45, 2.75) is 52.7 Å². The molecular formula is C34H34N2O6. The van der Waals surface area contributed by atoms with Gasteiger partial charge in [-0.1, -0.05) is 54.6 Å². The predicted octanol–water partition coefficient (Wildman–Crippen LogP) is 7.94. The number of esters is 1. The maximum atomic E-state index is 13.5. The number of carbonyl (C=O) groups is 3. The van der Waals surface area contributed by atoms with Crippen molar-refractivity contribution in [3.63, 3.8) is 0 Å². The van der Waals surface area contributed by atoms with Gasteiger partial charge in [-0.3, -0.25) is 9.78 Å². The van der Waals surface area contributed by atoms with Gasteiger partial charge in [-0.2, -0.15) is 0 Å². The molecule has 0 unspecified atom stereocenters. The fourth-order valence-electron chi connectivity index (χ4n) is 4.03. The largest absolute Gasteiger partial charge is 0.514 e. The van der Waals surface area contributed by atoms with Gasteiger partial charge in [-0.15, -0.1) is 0 Å². The Balaban J connectivity index is 1.71. The number of pyridine rings is 1. The fraction of sp³-hybridized carbons (Fsp3) is 0.235.